The van der Waals surface area contributed by atoms with E-state index in [1.807, 2.05) is 24.7 Å². The molecular formula is C25H19N3. The third-order valence-electron chi connectivity index (χ3n) is 5.26. The summed E-state index contributed by atoms with van der Waals surface area (Å²) >= 11 is 0. The van der Waals surface area contributed by atoms with Crippen LogP contribution in [-0.2, 0) is 5.54 Å². The lowest BCUT2D eigenvalue weighted by atomic mass is 9.77. The van der Waals surface area contributed by atoms with Crippen molar-refractivity contribution in [3.63, 3.8) is 0 Å². The van der Waals surface area contributed by atoms with Gasteiger partial charge in [0.2, 0.25) is 0 Å². The zero-order valence-corrected chi connectivity index (χ0v) is 15.3. The van der Waals surface area contributed by atoms with Crippen LogP contribution in [0.5, 0.6) is 0 Å². The van der Waals surface area contributed by atoms with Crippen LogP contribution >= 0.6 is 0 Å². The molecule has 28 heavy (non-hydrogen) atoms. The maximum atomic E-state index is 4.87. The van der Waals surface area contributed by atoms with E-state index in [1.165, 1.54) is 0 Å². The normalized spacial score (nSPS) is 11.6. The van der Waals surface area contributed by atoms with Gasteiger partial charge in [-0.3, -0.25) is 4.98 Å². The number of aromatic nitrogens is 3. The van der Waals surface area contributed by atoms with Crippen molar-refractivity contribution in [1.82, 2.24) is 14.8 Å². The summed E-state index contributed by atoms with van der Waals surface area (Å²) in [6, 6.07) is 33.8. The first-order valence-electron chi connectivity index (χ1n) is 9.35. The maximum Gasteiger partial charge on any atom is 0.138 e. The van der Waals surface area contributed by atoms with E-state index < -0.39 is 5.54 Å². The van der Waals surface area contributed by atoms with Crippen LogP contribution in [0.4, 0.5) is 0 Å². The maximum absolute atomic E-state index is 4.87. The Morgan fingerprint density at radius 1 is 0.571 bits per heavy atom. The average molecular weight is 361 g/mol. The van der Waals surface area contributed by atoms with Gasteiger partial charge < -0.3 is 0 Å². The van der Waals surface area contributed by atoms with Crippen LogP contribution in [0.15, 0.2) is 116 Å². The first-order valence-corrected chi connectivity index (χ1v) is 9.35. The Hall–Kier alpha value is -3.72. The standard InChI is InChI=1S/C25H19N3/c1-4-10-21(11-5-1)25(22-12-6-2-7-13-22,23-14-8-3-9-15-23)28-24-16-17-26-18-20(24)19-27-28/h1-19H. The molecule has 0 fully saturated rings. The molecule has 0 unspecified atom stereocenters. The van der Waals surface area contributed by atoms with Crippen molar-refractivity contribution >= 4 is 10.9 Å². The van der Waals surface area contributed by atoms with Gasteiger partial charge in [-0.2, -0.15) is 5.10 Å². The Morgan fingerprint density at radius 2 is 1.07 bits per heavy atom. The first-order chi connectivity index (χ1) is 13.9. The number of nitrogens with zero attached hydrogens (tertiary/aromatic N) is 3. The fourth-order valence-corrected chi connectivity index (χ4v) is 4.05. The monoisotopic (exact) mass is 361 g/mol. The van der Waals surface area contributed by atoms with Gasteiger partial charge in [-0.05, 0) is 22.8 Å². The van der Waals surface area contributed by atoms with Crippen molar-refractivity contribution in [2.45, 2.75) is 5.54 Å². The van der Waals surface area contributed by atoms with Crippen LogP contribution in [0.2, 0.25) is 0 Å². The molecule has 0 aliphatic carbocycles. The summed E-state index contributed by atoms with van der Waals surface area (Å²) in [5, 5.41) is 5.90. The fourth-order valence-electron chi connectivity index (χ4n) is 4.05. The zero-order valence-electron chi connectivity index (χ0n) is 15.3. The summed E-state index contributed by atoms with van der Waals surface area (Å²) in [5.41, 5.74) is 3.94. The lowest BCUT2D eigenvalue weighted by Gasteiger charge is -2.37. The molecule has 0 aliphatic rings. The molecule has 0 saturated heterocycles. The summed E-state index contributed by atoms with van der Waals surface area (Å²) in [5.74, 6) is 0. The molecule has 3 aromatic carbocycles. The molecular weight excluding hydrogens is 342 g/mol. The van der Waals surface area contributed by atoms with Crippen molar-refractivity contribution < 1.29 is 0 Å². The van der Waals surface area contributed by atoms with Crippen LogP contribution in [-0.4, -0.2) is 14.8 Å². The number of pyridine rings is 1. The number of rotatable bonds is 4. The molecule has 2 aromatic heterocycles. The third kappa shape index (κ3) is 2.44. The van der Waals surface area contributed by atoms with E-state index in [1.54, 1.807) is 0 Å². The molecule has 0 amide bonds. The van der Waals surface area contributed by atoms with Gasteiger partial charge in [0.25, 0.3) is 0 Å². The van der Waals surface area contributed by atoms with E-state index in [4.69, 9.17) is 5.10 Å². The molecule has 0 atom stereocenters. The van der Waals surface area contributed by atoms with Gasteiger partial charge in [-0.25, -0.2) is 4.68 Å². The molecule has 0 bridgehead atoms. The smallest absolute Gasteiger partial charge is 0.138 e. The Labute approximate surface area is 163 Å². The van der Waals surface area contributed by atoms with Crippen molar-refractivity contribution in [2.75, 3.05) is 0 Å². The van der Waals surface area contributed by atoms with Crippen molar-refractivity contribution in [2.24, 2.45) is 0 Å². The van der Waals surface area contributed by atoms with Gasteiger partial charge >= 0.3 is 0 Å². The Morgan fingerprint density at radius 3 is 1.57 bits per heavy atom. The summed E-state index contributed by atoms with van der Waals surface area (Å²) in [7, 11) is 0. The number of hydrogen-bond acceptors (Lipinski definition) is 2. The van der Waals surface area contributed by atoms with Gasteiger partial charge in [0.15, 0.2) is 0 Å². The molecule has 3 nitrogen and oxygen atoms in total. The summed E-state index contributed by atoms with van der Waals surface area (Å²) in [6.45, 7) is 0. The fraction of sp³-hybridized carbons (Fsp3) is 0.0400. The van der Waals surface area contributed by atoms with E-state index in [9.17, 15) is 0 Å². The first kappa shape index (κ1) is 16.5. The van der Waals surface area contributed by atoms with Gasteiger partial charge in [-0.1, -0.05) is 91.0 Å². The minimum Gasteiger partial charge on any atom is -0.264 e. The summed E-state index contributed by atoms with van der Waals surface area (Å²) in [6.07, 6.45) is 5.59. The molecule has 0 radical (unpaired) electrons. The third-order valence-corrected chi connectivity index (χ3v) is 5.26. The quantitative estimate of drug-likeness (QED) is 0.408. The zero-order chi connectivity index (χ0) is 18.8. The second-order valence-electron chi connectivity index (χ2n) is 6.80. The lowest BCUT2D eigenvalue weighted by molar-refractivity contribution is 0.476. The predicted octanol–water partition coefficient (Wildman–Crippen LogP) is 5.27. The topological polar surface area (TPSA) is 30.7 Å². The SMILES string of the molecule is c1ccc(C(c2ccccc2)(c2ccccc2)n2ncc3cnccc32)cc1. The highest BCUT2D eigenvalue weighted by Crippen LogP contribution is 2.41. The Bertz CT molecular complexity index is 1100. The average Bonchev–Trinajstić information content (AvgIpc) is 3.21. The highest BCUT2D eigenvalue weighted by atomic mass is 15.3. The second-order valence-corrected chi connectivity index (χ2v) is 6.80. The van der Waals surface area contributed by atoms with Crippen LogP contribution in [0.1, 0.15) is 16.7 Å². The number of benzene rings is 3. The second kappa shape index (κ2) is 6.78. The minimum atomic E-state index is -0.590. The summed E-state index contributed by atoms with van der Waals surface area (Å²) < 4.78 is 2.13. The van der Waals surface area contributed by atoms with Crippen LogP contribution in [0, 0.1) is 0 Å². The predicted molar refractivity (Wildman–Crippen MR) is 112 cm³/mol. The van der Waals surface area contributed by atoms with Gasteiger partial charge in [-0.15, -0.1) is 0 Å². The van der Waals surface area contributed by atoms with Crippen LogP contribution in [0.25, 0.3) is 10.9 Å². The van der Waals surface area contributed by atoms with E-state index >= 15 is 0 Å². The molecule has 134 valence electrons. The lowest BCUT2D eigenvalue weighted by Crippen LogP contribution is -2.38. The van der Waals surface area contributed by atoms with Gasteiger partial charge in [0.1, 0.15) is 5.54 Å². The van der Waals surface area contributed by atoms with E-state index in [-0.39, 0.29) is 0 Å². The minimum absolute atomic E-state index is 0.590. The molecule has 0 spiro atoms. The van der Waals surface area contributed by atoms with E-state index in [0.717, 1.165) is 27.6 Å². The number of hydrogen-bond donors (Lipinski definition) is 0. The highest BCUT2D eigenvalue weighted by molar-refractivity contribution is 5.78. The molecule has 2 heterocycles. The highest BCUT2D eigenvalue weighted by Gasteiger charge is 2.40. The molecule has 0 N–H and O–H groups in total. The molecule has 5 rings (SSSR count). The van der Waals surface area contributed by atoms with E-state index in [2.05, 4.69) is 101 Å². The Balaban J connectivity index is 1.96. The molecule has 3 heteroatoms. The van der Waals surface area contributed by atoms with Crippen LogP contribution in [0.3, 0.4) is 0 Å². The summed E-state index contributed by atoms with van der Waals surface area (Å²) in [4.78, 5) is 4.27. The number of fused-ring (bicyclic) bond motifs is 1. The van der Waals surface area contributed by atoms with E-state index in [0.29, 0.717) is 0 Å². The van der Waals surface area contributed by atoms with Crippen molar-refractivity contribution in [1.29, 1.82) is 0 Å². The van der Waals surface area contributed by atoms with Gasteiger partial charge in [0, 0.05) is 17.8 Å². The van der Waals surface area contributed by atoms with Crippen molar-refractivity contribution in [3.05, 3.63) is 132 Å². The van der Waals surface area contributed by atoms with Crippen LogP contribution < -0.4 is 0 Å². The molecule has 0 aliphatic heterocycles. The molecule has 0 saturated carbocycles. The largest absolute Gasteiger partial charge is 0.264 e. The van der Waals surface area contributed by atoms with Gasteiger partial charge in [0.05, 0.1) is 11.7 Å². The van der Waals surface area contributed by atoms with Crippen molar-refractivity contribution in [3.8, 4) is 0 Å². The Kier molecular flexibility index (Phi) is 3.99. The molecule has 5 aromatic rings.